The number of hydrogen-bond donors (Lipinski definition) is 2. The minimum Gasteiger partial charge on any atom is -0.288 e. The lowest BCUT2D eigenvalue weighted by atomic mass is 10.1. The molecule has 0 radical (unpaired) electrons. The zero-order valence-electron chi connectivity index (χ0n) is 10.5. The maximum atomic E-state index is 11.3. The summed E-state index contributed by atoms with van der Waals surface area (Å²) in [5.74, 6) is 0.223. The molecule has 0 unspecified atom stereocenters. The van der Waals surface area contributed by atoms with Crippen LogP contribution in [0.15, 0.2) is 40.2 Å². The van der Waals surface area contributed by atoms with Gasteiger partial charge in [-0.15, -0.1) is 22.6 Å². The van der Waals surface area contributed by atoms with Crippen molar-refractivity contribution in [3.63, 3.8) is 0 Å². The number of hydrazone groups is 1. The molecule has 1 aromatic carbocycles. The van der Waals surface area contributed by atoms with Crippen LogP contribution in [0.5, 0.6) is 0 Å². The molecule has 19 heavy (non-hydrogen) atoms. The van der Waals surface area contributed by atoms with Crippen molar-refractivity contribution in [1.29, 1.82) is 0 Å². The highest BCUT2D eigenvalue weighted by Crippen LogP contribution is 2.01. The molecule has 0 aliphatic heterocycles. The highest BCUT2D eigenvalue weighted by molar-refractivity contribution is 5.98. The standard InChI is InChI=1S/C12H13N5O.ClH/c1-8(10-6-4-3-5-7-10)14-16-12-13-11(18)9(2)15-17-12;/h3-7H,1-2H3,(H2,13,16,17,18);1H. The largest absolute Gasteiger partial charge is 0.288 e. The first-order valence-corrected chi connectivity index (χ1v) is 5.46. The summed E-state index contributed by atoms with van der Waals surface area (Å²) in [6.45, 7) is 3.45. The SMILES string of the molecule is CC(=NNc1nnc(C)c(=O)[nH]1)c1ccccc1.Cl. The van der Waals surface area contributed by atoms with E-state index >= 15 is 0 Å². The molecule has 7 heteroatoms. The summed E-state index contributed by atoms with van der Waals surface area (Å²) in [6, 6.07) is 9.70. The van der Waals surface area contributed by atoms with E-state index in [1.54, 1.807) is 6.92 Å². The Labute approximate surface area is 116 Å². The van der Waals surface area contributed by atoms with Crippen LogP contribution in [-0.2, 0) is 0 Å². The van der Waals surface area contributed by atoms with Gasteiger partial charge in [0, 0.05) is 0 Å². The molecule has 100 valence electrons. The summed E-state index contributed by atoms with van der Waals surface area (Å²) >= 11 is 0. The predicted molar refractivity (Wildman–Crippen MR) is 76.9 cm³/mol. The van der Waals surface area contributed by atoms with Gasteiger partial charge in [0.2, 0.25) is 5.95 Å². The van der Waals surface area contributed by atoms with Crippen molar-refractivity contribution in [2.45, 2.75) is 13.8 Å². The van der Waals surface area contributed by atoms with Crippen LogP contribution in [0.1, 0.15) is 18.2 Å². The zero-order valence-corrected chi connectivity index (χ0v) is 11.4. The molecule has 0 bridgehead atoms. The normalized spacial score (nSPS) is 10.7. The van der Waals surface area contributed by atoms with Gasteiger partial charge in [-0.1, -0.05) is 30.3 Å². The van der Waals surface area contributed by atoms with Crippen molar-refractivity contribution in [2.75, 3.05) is 5.43 Å². The first-order chi connectivity index (χ1) is 8.66. The highest BCUT2D eigenvalue weighted by atomic mass is 35.5. The van der Waals surface area contributed by atoms with Gasteiger partial charge >= 0.3 is 0 Å². The van der Waals surface area contributed by atoms with E-state index in [0.717, 1.165) is 11.3 Å². The van der Waals surface area contributed by atoms with E-state index in [1.165, 1.54) is 0 Å². The van der Waals surface area contributed by atoms with Crippen LogP contribution in [0.3, 0.4) is 0 Å². The lowest BCUT2D eigenvalue weighted by Crippen LogP contribution is -2.16. The Kier molecular flexibility index (Phi) is 5.20. The van der Waals surface area contributed by atoms with Gasteiger partial charge in [-0.05, 0) is 19.4 Å². The van der Waals surface area contributed by atoms with Crippen LogP contribution in [0, 0.1) is 6.92 Å². The second-order valence-electron chi connectivity index (χ2n) is 3.76. The number of aryl methyl sites for hydroxylation is 1. The van der Waals surface area contributed by atoms with Crippen LogP contribution in [-0.4, -0.2) is 20.9 Å². The van der Waals surface area contributed by atoms with Crippen molar-refractivity contribution >= 4 is 24.1 Å². The van der Waals surface area contributed by atoms with E-state index in [-0.39, 0.29) is 23.9 Å². The summed E-state index contributed by atoms with van der Waals surface area (Å²) in [5.41, 5.74) is 4.50. The first-order valence-electron chi connectivity index (χ1n) is 5.46. The Bertz CT molecular complexity index is 624. The Balaban J connectivity index is 0.00000180. The highest BCUT2D eigenvalue weighted by Gasteiger charge is 1.99. The van der Waals surface area contributed by atoms with E-state index in [9.17, 15) is 4.79 Å². The van der Waals surface area contributed by atoms with Crippen LogP contribution in [0.25, 0.3) is 0 Å². The Morgan fingerprint density at radius 2 is 1.95 bits per heavy atom. The maximum absolute atomic E-state index is 11.3. The smallest absolute Gasteiger partial charge is 0.274 e. The third-order valence-corrected chi connectivity index (χ3v) is 2.38. The van der Waals surface area contributed by atoms with Gasteiger partial charge in [0.1, 0.15) is 5.69 Å². The molecule has 0 saturated carbocycles. The summed E-state index contributed by atoms with van der Waals surface area (Å²) in [6.07, 6.45) is 0. The molecular formula is C12H14ClN5O. The molecule has 2 N–H and O–H groups in total. The monoisotopic (exact) mass is 279 g/mol. The molecule has 0 atom stereocenters. The summed E-state index contributed by atoms with van der Waals surface area (Å²) in [5, 5.41) is 11.6. The number of H-pyrrole nitrogens is 1. The fraction of sp³-hybridized carbons (Fsp3) is 0.167. The van der Waals surface area contributed by atoms with Crippen molar-refractivity contribution in [3.8, 4) is 0 Å². The van der Waals surface area contributed by atoms with Gasteiger partial charge in [0.25, 0.3) is 5.56 Å². The Morgan fingerprint density at radius 1 is 1.26 bits per heavy atom. The average Bonchev–Trinajstić information content (AvgIpc) is 2.41. The van der Waals surface area contributed by atoms with Crippen LogP contribution in [0.2, 0.25) is 0 Å². The van der Waals surface area contributed by atoms with Crippen molar-refractivity contribution in [1.82, 2.24) is 15.2 Å². The molecule has 6 nitrogen and oxygen atoms in total. The first kappa shape index (κ1) is 14.8. The number of anilines is 1. The molecule has 2 rings (SSSR count). The van der Waals surface area contributed by atoms with E-state index in [1.807, 2.05) is 37.3 Å². The van der Waals surface area contributed by atoms with Gasteiger partial charge in [-0.2, -0.15) is 5.10 Å². The van der Waals surface area contributed by atoms with Crippen molar-refractivity contribution in [3.05, 3.63) is 51.9 Å². The van der Waals surface area contributed by atoms with Crippen LogP contribution >= 0.6 is 12.4 Å². The number of halogens is 1. The van der Waals surface area contributed by atoms with Crippen LogP contribution in [0.4, 0.5) is 5.95 Å². The third-order valence-electron chi connectivity index (χ3n) is 2.38. The Morgan fingerprint density at radius 3 is 2.58 bits per heavy atom. The molecule has 0 saturated heterocycles. The number of aromatic amines is 1. The van der Waals surface area contributed by atoms with Gasteiger partial charge in [-0.25, -0.2) is 5.43 Å². The minimum absolute atomic E-state index is 0. The van der Waals surface area contributed by atoms with Gasteiger partial charge in [0.15, 0.2) is 0 Å². The van der Waals surface area contributed by atoms with E-state index in [0.29, 0.717) is 5.69 Å². The molecule has 0 aliphatic rings. The van der Waals surface area contributed by atoms with E-state index < -0.39 is 0 Å². The van der Waals surface area contributed by atoms with Gasteiger partial charge < -0.3 is 0 Å². The second-order valence-corrected chi connectivity index (χ2v) is 3.76. The molecule has 0 fully saturated rings. The average molecular weight is 280 g/mol. The lowest BCUT2D eigenvalue weighted by Gasteiger charge is -2.02. The number of hydrogen-bond acceptors (Lipinski definition) is 5. The molecule has 1 aromatic heterocycles. The summed E-state index contributed by atoms with van der Waals surface area (Å²) in [4.78, 5) is 13.8. The molecule has 0 aliphatic carbocycles. The quantitative estimate of drug-likeness (QED) is 0.662. The fourth-order valence-electron chi connectivity index (χ4n) is 1.32. The number of rotatable bonds is 3. The number of nitrogens with zero attached hydrogens (tertiary/aromatic N) is 3. The van der Waals surface area contributed by atoms with Gasteiger partial charge in [-0.3, -0.25) is 9.78 Å². The maximum Gasteiger partial charge on any atom is 0.274 e. The summed E-state index contributed by atoms with van der Waals surface area (Å²) < 4.78 is 0. The molecule has 1 heterocycles. The van der Waals surface area contributed by atoms with Gasteiger partial charge in [0.05, 0.1) is 5.71 Å². The number of nitrogens with one attached hydrogen (secondary N) is 2. The van der Waals surface area contributed by atoms with Crippen molar-refractivity contribution < 1.29 is 0 Å². The third kappa shape index (κ3) is 3.89. The lowest BCUT2D eigenvalue weighted by molar-refractivity contribution is 0.897. The molecule has 0 spiro atoms. The topological polar surface area (TPSA) is 83.0 Å². The van der Waals surface area contributed by atoms with Crippen molar-refractivity contribution in [2.24, 2.45) is 5.10 Å². The predicted octanol–water partition coefficient (Wildman–Crippen LogP) is 1.73. The Hall–Kier alpha value is -2.21. The molecular weight excluding hydrogens is 266 g/mol. The fourth-order valence-corrected chi connectivity index (χ4v) is 1.32. The van der Waals surface area contributed by atoms with E-state index in [4.69, 9.17) is 0 Å². The summed E-state index contributed by atoms with van der Waals surface area (Å²) in [7, 11) is 0. The van der Waals surface area contributed by atoms with Crippen LogP contribution < -0.4 is 11.0 Å². The second kappa shape index (κ2) is 6.65. The zero-order chi connectivity index (χ0) is 13.0. The number of aromatic nitrogens is 3. The molecule has 2 aromatic rings. The minimum atomic E-state index is -0.278. The molecule has 0 amide bonds. The van der Waals surface area contributed by atoms with E-state index in [2.05, 4.69) is 25.7 Å². The number of benzene rings is 1.